The first-order valence-corrected chi connectivity index (χ1v) is 6.03. The number of carbonyl (C=O) groups excluding carboxylic acids is 1. The zero-order valence-corrected chi connectivity index (χ0v) is 10.7. The zero-order chi connectivity index (χ0) is 12.3. The molecule has 0 aromatic heterocycles. The second kappa shape index (κ2) is 5.48. The van der Waals surface area contributed by atoms with E-state index in [1.54, 1.807) is 0 Å². The van der Waals surface area contributed by atoms with Gasteiger partial charge in [0.25, 0.3) is 0 Å². The normalized spacial score (nSPS) is 13.2. The highest BCUT2D eigenvalue weighted by Crippen LogP contribution is 2.32. The number of nitrogens with two attached hydrogens (primary N) is 1. The van der Waals surface area contributed by atoms with Gasteiger partial charge in [-0.15, -0.1) is 0 Å². The zero-order valence-electron chi connectivity index (χ0n) is 9.16. The molecule has 1 aromatic rings. The van der Waals surface area contributed by atoms with Crippen molar-refractivity contribution in [2.75, 3.05) is 13.2 Å². The number of nitrogens with one attached hydrogen (secondary N) is 1. The van der Waals surface area contributed by atoms with Crippen LogP contribution in [0.1, 0.15) is 11.1 Å². The highest BCUT2D eigenvalue weighted by Gasteiger charge is 2.17. The van der Waals surface area contributed by atoms with Gasteiger partial charge in [-0.1, -0.05) is 15.9 Å². The maximum absolute atomic E-state index is 10.5. The predicted octanol–water partition coefficient (Wildman–Crippen LogP) is 0.891. The van der Waals surface area contributed by atoms with Gasteiger partial charge in [-0.2, -0.15) is 5.48 Å². The molecule has 1 amide bonds. The molecule has 0 spiro atoms. The fourth-order valence-electron chi connectivity index (χ4n) is 1.73. The Balaban J connectivity index is 1.98. The van der Waals surface area contributed by atoms with Crippen molar-refractivity contribution in [3.05, 3.63) is 27.7 Å². The van der Waals surface area contributed by atoms with Crippen LogP contribution in [-0.4, -0.2) is 19.1 Å². The summed E-state index contributed by atoms with van der Waals surface area (Å²) in [6.07, 6.45) is 0.921. The molecule has 0 saturated carbocycles. The summed E-state index contributed by atoms with van der Waals surface area (Å²) < 4.78 is 6.56. The van der Waals surface area contributed by atoms with Crippen molar-refractivity contribution in [2.24, 2.45) is 5.73 Å². The Bertz CT molecular complexity index is 437. The Labute approximate surface area is 107 Å². The molecule has 0 radical (unpaired) electrons. The number of hydrogen-bond donors (Lipinski definition) is 2. The second-order valence-electron chi connectivity index (χ2n) is 3.73. The van der Waals surface area contributed by atoms with Crippen LogP contribution in [0.3, 0.4) is 0 Å². The molecule has 6 heteroatoms. The van der Waals surface area contributed by atoms with E-state index in [2.05, 4.69) is 27.5 Å². The third-order valence-corrected chi connectivity index (χ3v) is 2.86. The molecule has 17 heavy (non-hydrogen) atoms. The smallest absolute Gasteiger partial charge is 0.245 e. The summed E-state index contributed by atoms with van der Waals surface area (Å²) in [5, 5.41) is 0. The lowest BCUT2D eigenvalue weighted by molar-refractivity contribution is -0.125. The quantitative estimate of drug-likeness (QED) is 0.626. The first kappa shape index (κ1) is 12.3. The van der Waals surface area contributed by atoms with E-state index in [-0.39, 0.29) is 6.61 Å². The van der Waals surface area contributed by atoms with Crippen molar-refractivity contribution in [1.82, 2.24) is 5.48 Å². The van der Waals surface area contributed by atoms with Crippen LogP contribution in [0, 0.1) is 0 Å². The van der Waals surface area contributed by atoms with Gasteiger partial charge in [0.1, 0.15) is 12.4 Å². The van der Waals surface area contributed by atoms with E-state index in [0.717, 1.165) is 22.2 Å². The van der Waals surface area contributed by atoms with Gasteiger partial charge in [-0.25, -0.2) is 0 Å². The monoisotopic (exact) mass is 300 g/mol. The molecule has 0 saturated heterocycles. The van der Waals surface area contributed by atoms with Crippen LogP contribution in [0.4, 0.5) is 0 Å². The number of rotatable bonds is 5. The Morgan fingerprint density at radius 3 is 3.18 bits per heavy atom. The van der Waals surface area contributed by atoms with Crippen LogP contribution in [0.5, 0.6) is 5.75 Å². The first-order chi connectivity index (χ1) is 8.16. The van der Waals surface area contributed by atoms with Crippen LogP contribution in [0.2, 0.25) is 0 Å². The minimum Gasteiger partial charge on any atom is -0.493 e. The van der Waals surface area contributed by atoms with Gasteiger partial charge in [0.15, 0.2) is 0 Å². The van der Waals surface area contributed by atoms with Gasteiger partial charge < -0.3 is 10.5 Å². The molecule has 92 valence electrons. The van der Waals surface area contributed by atoms with E-state index in [4.69, 9.17) is 15.3 Å². The van der Waals surface area contributed by atoms with Crippen molar-refractivity contribution >= 4 is 21.8 Å². The molecule has 0 unspecified atom stereocenters. The van der Waals surface area contributed by atoms with E-state index in [9.17, 15) is 4.79 Å². The van der Waals surface area contributed by atoms with E-state index in [1.807, 2.05) is 6.07 Å². The van der Waals surface area contributed by atoms with Gasteiger partial charge in [-0.05, 0) is 17.7 Å². The molecule has 0 atom stereocenters. The van der Waals surface area contributed by atoms with Crippen molar-refractivity contribution in [3.8, 4) is 5.75 Å². The lowest BCUT2D eigenvalue weighted by Gasteiger charge is -2.09. The Morgan fingerprint density at radius 1 is 1.59 bits per heavy atom. The number of hydroxylamine groups is 1. The van der Waals surface area contributed by atoms with Crippen molar-refractivity contribution in [1.29, 1.82) is 0 Å². The summed E-state index contributed by atoms with van der Waals surface area (Å²) in [5.41, 5.74) is 9.82. The molecule has 1 aromatic carbocycles. The number of amides is 1. The van der Waals surface area contributed by atoms with Crippen LogP contribution in [0.25, 0.3) is 0 Å². The number of primary amides is 1. The molecule has 1 heterocycles. The molecular formula is C11H13BrN2O3. The molecule has 1 aliphatic heterocycles. The van der Waals surface area contributed by atoms with Gasteiger partial charge in [0.05, 0.1) is 6.61 Å². The third-order valence-electron chi connectivity index (χ3n) is 2.40. The fraction of sp³-hybridized carbons (Fsp3) is 0.364. The Morgan fingerprint density at radius 2 is 2.41 bits per heavy atom. The van der Waals surface area contributed by atoms with E-state index < -0.39 is 5.91 Å². The Hall–Kier alpha value is -1.11. The number of benzene rings is 1. The van der Waals surface area contributed by atoms with Gasteiger partial charge in [0, 0.05) is 23.0 Å². The summed E-state index contributed by atoms with van der Waals surface area (Å²) in [4.78, 5) is 15.4. The van der Waals surface area contributed by atoms with Gasteiger partial charge >= 0.3 is 0 Å². The fourth-order valence-corrected chi connectivity index (χ4v) is 2.28. The molecule has 5 nitrogen and oxygen atoms in total. The number of hydrogen-bond acceptors (Lipinski definition) is 4. The van der Waals surface area contributed by atoms with Crippen molar-refractivity contribution in [2.45, 2.75) is 13.0 Å². The van der Waals surface area contributed by atoms with Gasteiger partial charge in [0.2, 0.25) is 5.91 Å². The Kier molecular flexibility index (Phi) is 3.98. The maximum atomic E-state index is 10.5. The standard InChI is InChI=1S/C11H13BrN2O3/c12-9-3-7-1-2-16-11(7)8(4-9)5-14-17-6-10(13)15/h3-4,14H,1-2,5-6H2,(H2,13,15). The van der Waals surface area contributed by atoms with Crippen LogP contribution in [-0.2, 0) is 22.6 Å². The molecular weight excluding hydrogens is 288 g/mol. The minimum atomic E-state index is -0.506. The van der Waals surface area contributed by atoms with Crippen molar-refractivity contribution < 1.29 is 14.4 Å². The summed E-state index contributed by atoms with van der Waals surface area (Å²) >= 11 is 3.45. The highest BCUT2D eigenvalue weighted by atomic mass is 79.9. The summed E-state index contributed by atoms with van der Waals surface area (Å²) in [5.74, 6) is 0.400. The number of halogens is 1. The number of ether oxygens (including phenoxy) is 1. The minimum absolute atomic E-state index is 0.142. The lowest BCUT2D eigenvalue weighted by Crippen LogP contribution is -2.24. The van der Waals surface area contributed by atoms with E-state index in [1.165, 1.54) is 5.56 Å². The SMILES string of the molecule is NC(=O)CONCc1cc(Br)cc2c1OCC2. The van der Waals surface area contributed by atoms with E-state index >= 15 is 0 Å². The molecule has 0 fully saturated rings. The molecule has 0 bridgehead atoms. The second-order valence-corrected chi connectivity index (χ2v) is 4.64. The summed E-state index contributed by atoms with van der Waals surface area (Å²) in [6, 6.07) is 4.01. The van der Waals surface area contributed by atoms with Crippen LogP contribution in [0.15, 0.2) is 16.6 Å². The summed E-state index contributed by atoms with van der Waals surface area (Å²) in [7, 11) is 0. The molecule has 0 aliphatic carbocycles. The third kappa shape index (κ3) is 3.18. The van der Waals surface area contributed by atoms with Crippen LogP contribution >= 0.6 is 15.9 Å². The van der Waals surface area contributed by atoms with E-state index in [0.29, 0.717) is 13.2 Å². The topological polar surface area (TPSA) is 73.6 Å². The first-order valence-electron chi connectivity index (χ1n) is 5.24. The van der Waals surface area contributed by atoms with Gasteiger partial charge in [-0.3, -0.25) is 9.63 Å². The largest absolute Gasteiger partial charge is 0.493 e. The maximum Gasteiger partial charge on any atom is 0.245 e. The lowest BCUT2D eigenvalue weighted by atomic mass is 10.1. The summed E-state index contributed by atoms with van der Waals surface area (Å²) in [6.45, 7) is 1.03. The average Bonchev–Trinajstić information content (AvgIpc) is 2.71. The van der Waals surface area contributed by atoms with Crippen molar-refractivity contribution in [3.63, 3.8) is 0 Å². The number of carbonyl (C=O) groups is 1. The molecule has 2 rings (SSSR count). The number of fused-ring (bicyclic) bond motifs is 1. The van der Waals surface area contributed by atoms with Crippen LogP contribution < -0.4 is 16.0 Å². The average molecular weight is 301 g/mol. The molecule has 3 N–H and O–H groups in total. The molecule has 1 aliphatic rings. The predicted molar refractivity (Wildman–Crippen MR) is 65.3 cm³/mol. The highest BCUT2D eigenvalue weighted by molar-refractivity contribution is 9.10.